The molecular weight excluding hydrogens is 232 g/mol. The van der Waals surface area contributed by atoms with E-state index in [1.807, 2.05) is 6.92 Å². The Morgan fingerprint density at radius 1 is 1.16 bits per heavy atom. The van der Waals surface area contributed by atoms with Gasteiger partial charge in [0.1, 0.15) is 5.78 Å². The van der Waals surface area contributed by atoms with Crippen molar-refractivity contribution in [3.63, 3.8) is 0 Å². The summed E-state index contributed by atoms with van der Waals surface area (Å²) in [5.74, 6) is 2.82. The van der Waals surface area contributed by atoms with E-state index in [4.69, 9.17) is 0 Å². The molecule has 2 aliphatic carbocycles. The second-order valence-corrected chi connectivity index (χ2v) is 6.54. The maximum atomic E-state index is 12.4. The summed E-state index contributed by atoms with van der Waals surface area (Å²) < 4.78 is 0. The molecule has 1 nitrogen and oxygen atoms in total. The molecular formula is C18H24O. The first-order valence-electron chi connectivity index (χ1n) is 7.78. The minimum absolute atomic E-state index is 0.298. The first-order chi connectivity index (χ1) is 9.19. The van der Waals surface area contributed by atoms with Gasteiger partial charge in [0, 0.05) is 12.3 Å². The summed E-state index contributed by atoms with van der Waals surface area (Å²) in [5.41, 5.74) is 2.70. The minimum Gasteiger partial charge on any atom is -0.299 e. The number of benzene rings is 1. The molecule has 4 atom stereocenters. The van der Waals surface area contributed by atoms with Crippen molar-refractivity contribution in [2.75, 3.05) is 0 Å². The Morgan fingerprint density at radius 2 is 1.89 bits per heavy atom. The fraction of sp³-hybridized carbons (Fsp3) is 0.611. The van der Waals surface area contributed by atoms with Crippen molar-refractivity contribution in [3.8, 4) is 0 Å². The average Bonchev–Trinajstić information content (AvgIpc) is 2.80. The highest BCUT2D eigenvalue weighted by Crippen LogP contribution is 2.52. The minimum atomic E-state index is 0.298. The lowest BCUT2D eigenvalue weighted by Crippen LogP contribution is -2.32. The highest BCUT2D eigenvalue weighted by Gasteiger charge is 2.44. The molecule has 0 amide bonds. The Balaban J connectivity index is 1.92. The number of Topliss-reactive ketones (excluding diaryl/α,β-unsaturated/α-hetero) is 1. The molecule has 2 aliphatic rings. The SMILES string of the molecule is CCC(=O)[C@H]1[C@H]2CC[C@H](C2)C[C@@H]1c1ccc(C)cc1. The van der Waals surface area contributed by atoms with Gasteiger partial charge in [-0.05, 0) is 49.5 Å². The quantitative estimate of drug-likeness (QED) is 0.778. The van der Waals surface area contributed by atoms with Crippen molar-refractivity contribution in [3.05, 3.63) is 35.4 Å². The van der Waals surface area contributed by atoms with E-state index in [9.17, 15) is 4.79 Å². The first kappa shape index (κ1) is 12.9. The van der Waals surface area contributed by atoms with Gasteiger partial charge in [-0.25, -0.2) is 0 Å². The Hall–Kier alpha value is -1.11. The van der Waals surface area contributed by atoms with Crippen molar-refractivity contribution in [2.45, 2.75) is 51.9 Å². The van der Waals surface area contributed by atoms with Crippen molar-refractivity contribution in [1.82, 2.24) is 0 Å². The van der Waals surface area contributed by atoms with Crippen LogP contribution >= 0.6 is 0 Å². The molecule has 1 aromatic carbocycles. The number of carbonyl (C=O) groups excluding carboxylic acids is 1. The number of fused-ring (bicyclic) bond motifs is 2. The molecule has 0 spiro atoms. The molecule has 102 valence electrons. The van der Waals surface area contributed by atoms with E-state index in [2.05, 4.69) is 31.2 Å². The molecule has 0 heterocycles. The van der Waals surface area contributed by atoms with Crippen LogP contribution in [-0.4, -0.2) is 5.78 Å². The van der Waals surface area contributed by atoms with Gasteiger partial charge in [-0.15, -0.1) is 0 Å². The molecule has 1 heteroatoms. The Morgan fingerprint density at radius 3 is 2.58 bits per heavy atom. The molecule has 0 aromatic heterocycles. The third kappa shape index (κ3) is 2.35. The lowest BCUT2D eigenvalue weighted by Gasteiger charge is -2.36. The highest BCUT2D eigenvalue weighted by atomic mass is 16.1. The molecule has 1 aromatic rings. The van der Waals surface area contributed by atoms with Crippen LogP contribution in [-0.2, 0) is 4.79 Å². The molecule has 2 bridgehead atoms. The van der Waals surface area contributed by atoms with E-state index >= 15 is 0 Å². The average molecular weight is 256 g/mol. The molecule has 0 radical (unpaired) electrons. The summed E-state index contributed by atoms with van der Waals surface area (Å²) in [5, 5.41) is 0. The van der Waals surface area contributed by atoms with Gasteiger partial charge in [0.2, 0.25) is 0 Å². The zero-order chi connectivity index (χ0) is 13.4. The maximum Gasteiger partial charge on any atom is 0.136 e. The van der Waals surface area contributed by atoms with Gasteiger partial charge in [-0.2, -0.15) is 0 Å². The van der Waals surface area contributed by atoms with E-state index < -0.39 is 0 Å². The monoisotopic (exact) mass is 256 g/mol. The second-order valence-electron chi connectivity index (χ2n) is 6.54. The number of carbonyl (C=O) groups is 1. The second kappa shape index (κ2) is 5.11. The molecule has 2 fully saturated rings. The molecule has 19 heavy (non-hydrogen) atoms. The van der Waals surface area contributed by atoms with Crippen LogP contribution in [0.2, 0.25) is 0 Å². The molecule has 0 saturated heterocycles. The molecule has 0 unspecified atom stereocenters. The van der Waals surface area contributed by atoms with Crippen molar-refractivity contribution in [1.29, 1.82) is 0 Å². The number of hydrogen-bond donors (Lipinski definition) is 0. The fourth-order valence-corrected chi connectivity index (χ4v) is 4.37. The zero-order valence-corrected chi connectivity index (χ0v) is 12.1. The molecule has 0 N–H and O–H groups in total. The number of aryl methyl sites for hydroxylation is 1. The van der Waals surface area contributed by atoms with Gasteiger partial charge in [0.15, 0.2) is 0 Å². The first-order valence-corrected chi connectivity index (χ1v) is 7.78. The van der Waals surface area contributed by atoms with Gasteiger partial charge in [0.05, 0.1) is 0 Å². The normalized spacial score (nSPS) is 33.4. The van der Waals surface area contributed by atoms with Crippen LogP contribution in [0.15, 0.2) is 24.3 Å². The number of ketones is 1. The van der Waals surface area contributed by atoms with E-state index in [0.29, 0.717) is 30.0 Å². The number of hydrogen-bond acceptors (Lipinski definition) is 1. The molecule has 3 rings (SSSR count). The van der Waals surface area contributed by atoms with Gasteiger partial charge in [0.25, 0.3) is 0 Å². The topological polar surface area (TPSA) is 17.1 Å². The largest absolute Gasteiger partial charge is 0.299 e. The number of rotatable bonds is 3. The van der Waals surface area contributed by atoms with Gasteiger partial charge < -0.3 is 0 Å². The Labute approximate surface area is 116 Å². The van der Waals surface area contributed by atoms with Gasteiger partial charge >= 0.3 is 0 Å². The lowest BCUT2D eigenvalue weighted by atomic mass is 9.67. The van der Waals surface area contributed by atoms with Crippen LogP contribution in [0.5, 0.6) is 0 Å². The van der Waals surface area contributed by atoms with Gasteiger partial charge in [-0.3, -0.25) is 4.79 Å². The summed E-state index contributed by atoms with van der Waals surface area (Å²) >= 11 is 0. The van der Waals surface area contributed by atoms with Crippen molar-refractivity contribution < 1.29 is 4.79 Å². The fourth-order valence-electron chi connectivity index (χ4n) is 4.37. The lowest BCUT2D eigenvalue weighted by molar-refractivity contribution is -0.125. The van der Waals surface area contributed by atoms with Crippen LogP contribution in [0.4, 0.5) is 0 Å². The maximum absolute atomic E-state index is 12.4. The third-order valence-electron chi connectivity index (χ3n) is 5.34. The summed E-state index contributed by atoms with van der Waals surface area (Å²) in [6, 6.07) is 8.89. The van der Waals surface area contributed by atoms with Crippen molar-refractivity contribution >= 4 is 5.78 Å². The standard InChI is InChI=1S/C18H24O/c1-3-17(19)18-15-9-6-13(10-15)11-16(18)14-7-4-12(2)5-8-14/h4-5,7-8,13,15-16,18H,3,6,9-11H2,1-2H3/t13-,15+,16-,18+/m1/s1. The van der Waals surface area contributed by atoms with Crippen LogP contribution in [0.3, 0.4) is 0 Å². The van der Waals surface area contributed by atoms with Crippen LogP contribution in [0.25, 0.3) is 0 Å². The Kier molecular flexibility index (Phi) is 3.47. The van der Waals surface area contributed by atoms with Crippen LogP contribution in [0, 0.1) is 24.7 Å². The molecule has 2 saturated carbocycles. The van der Waals surface area contributed by atoms with Crippen LogP contribution in [0.1, 0.15) is 56.1 Å². The van der Waals surface area contributed by atoms with Gasteiger partial charge in [-0.1, -0.05) is 43.2 Å². The summed E-state index contributed by atoms with van der Waals surface area (Å²) in [4.78, 5) is 12.4. The summed E-state index contributed by atoms with van der Waals surface area (Å²) in [6.45, 7) is 4.15. The summed E-state index contributed by atoms with van der Waals surface area (Å²) in [7, 11) is 0. The van der Waals surface area contributed by atoms with Crippen LogP contribution < -0.4 is 0 Å². The van der Waals surface area contributed by atoms with Crippen molar-refractivity contribution in [2.24, 2.45) is 17.8 Å². The van der Waals surface area contributed by atoms with E-state index in [1.54, 1.807) is 0 Å². The predicted octanol–water partition coefficient (Wildman–Crippen LogP) is 4.49. The third-order valence-corrected chi connectivity index (χ3v) is 5.34. The molecule has 0 aliphatic heterocycles. The van der Waals surface area contributed by atoms with E-state index in [0.717, 1.165) is 5.92 Å². The predicted molar refractivity (Wildman–Crippen MR) is 78.2 cm³/mol. The van der Waals surface area contributed by atoms with E-state index in [-0.39, 0.29) is 0 Å². The van der Waals surface area contributed by atoms with E-state index in [1.165, 1.54) is 36.8 Å². The summed E-state index contributed by atoms with van der Waals surface area (Å²) in [6.07, 6.45) is 5.87. The Bertz CT molecular complexity index is 459. The smallest absolute Gasteiger partial charge is 0.136 e. The zero-order valence-electron chi connectivity index (χ0n) is 12.1. The highest BCUT2D eigenvalue weighted by molar-refractivity contribution is 5.82.